The van der Waals surface area contributed by atoms with Crippen LogP contribution in [0.5, 0.6) is 0 Å². The van der Waals surface area contributed by atoms with Crippen molar-refractivity contribution >= 4 is 17.7 Å². The van der Waals surface area contributed by atoms with Gasteiger partial charge in [-0.15, -0.1) is 0 Å². The van der Waals surface area contributed by atoms with Gasteiger partial charge in [0.2, 0.25) is 6.08 Å². The summed E-state index contributed by atoms with van der Waals surface area (Å²) in [6, 6.07) is 0.224. The number of benzene rings is 1. The number of carbonyl (C=O) groups excluding carboxylic acids is 2. The number of hydrogen-bond donors (Lipinski definition) is 1. The molecular weight excluding hydrogens is 723 g/mol. The van der Waals surface area contributed by atoms with E-state index in [0.29, 0.717) is 0 Å². The van der Waals surface area contributed by atoms with Gasteiger partial charge in [-0.2, -0.15) is 97.2 Å². The SMILES string of the molecule is Cc1ccc(C(=O)NC(C)CC(F)(F)C(F)(F)C(F)(F)C(F)(F)C(F)(F)C(F)(F)C(F)(F)C(F)(F)C(F)(F)C(F)(F)F)c(N=C=O)c1. The van der Waals surface area contributed by atoms with E-state index in [2.05, 4.69) is 4.99 Å². The van der Waals surface area contributed by atoms with Crippen LogP contribution in [-0.2, 0) is 4.79 Å². The smallest absolute Gasteiger partial charge is 0.349 e. The predicted molar refractivity (Wildman–Crippen MR) is 111 cm³/mol. The molecule has 0 aliphatic carbocycles. The molecule has 0 heterocycles. The predicted octanol–water partition coefficient (Wildman–Crippen LogP) is 8.75. The highest BCUT2D eigenvalue weighted by molar-refractivity contribution is 5.99. The van der Waals surface area contributed by atoms with Gasteiger partial charge in [0.1, 0.15) is 0 Å². The minimum absolute atomic E-state index is 0.223. The first kappa shape index (κ1) is 41.6. The average molecular weight is 736 g/mol. The third kappa shape index (κ3) is 6.18. The Balaban J connectivity index is 3.58. The second kappa shape index (κ2) is 11.9. The van der Waals surface area contributed by atoms with Crippen molar-refractivity contribution < 1.29 is 102 Å². The van der Waals surface area contributed by atoms with Crippen LogP contribution in [0.1, 0.15) is 29.3 Å². The van der Waals surface area contributed by atoms with Crippen molar-refractivity contribution in [3.63, 3.8) is 0 Å². The lowest BCUT2D eigenvalue weighted by Crippen LogP contribution is -2.76. The summed E-state index contributed by atoms with van der Waals surface area (Å²) in [6.45, 7) is 1.57. The van der Waals surface area contributed by atoms with Gasteiger partial charge in [-0.3, -0.25) is 4.79 Å². The number of carbonyl (C=O) groups is 1. The third-order valence-corrected chi connectivity index (χ3v) is 6.08. The van der Waals surface area contributed by atoms with E-state index in [-0.39, 0.29) is 12.5 Å². The highest BCUT2D eigenvalue weighted by atomic mass is 19.4. The quantitative estimate of drug-likeness (QED) is 0.125. The van der Waals surface area contributed by atoms with Crippen molar-refractivity contribution in [2.24, 2.45) is 4.99 Å². The highest BCUT2D eigenvalue weighted by Crippen LogP contribution is 2.66. The lowest BCUT2D eigenvalue weighted by Gasteiger charge is -2.44. The van der Waals surface area contributed by atoms with E-state index >= 15 is 0 Å². The van der Waals surface area contributed by atoms with Crippen molar-refractivity contribution in [3.8, 4) is 0 Å². The Morgan fingerprint density at radius 3 is 1.38 bits per heavy atom. The van der Waals surface area contributed by atoms with Crippen LogP contribution in [0.2, 0.25) is 0 Å². The first-order valence-corrected chi connectivity index (χ1v) is 11.4. The standard InChI is InChI=1S/C22H13F21N2O2/c1-8-3-4-10(11(5-8)44-7-46)12(47)45-9(2)6-13(23,24)14(25,26)15(27,28)16(29,30)17(31,32)18(33,34)19(35,36)20(37,38)21(39,40)22(41,42)43/h3-5,9H,6H2,1-2H3,(H,45,47). The number of hydrogen-bond acceptors (Lipinski definition) is 3. The number of nitrogens with zero attached hydrogens (tertiary/aromatic N) is 1. The lowest BCUT2D eigenvalue weighted by atomic mass is 9.85. The first-order valence-electron chi connectivity index (χ1n) is 11.4. The van der Waals surface area contributed by atoms with Gasteiger partial charge in [0.05, 0.1) is 11.3 Å². The van der Waals surface area contributed by atoms with E-state index in [4.69, 9.17) is 0 Å². The summed E-state index contributed by atoms with van der Waals surface area (Å²) >= 11 is 0. The molecule has 0 bridgehead atoms. The fourth-order valence-corrected chi connectivity index (χ4v) is 3.43. The third-order valence-electron chi connectivity index (χ3n) is 6.08. The molecule has 1 atom stereocenters. The maximum Gasteiger partial charge on any atom is 0.460 e. The highest BCUT2D eigenvalue weighted by Gasteiger charge is 2.97. The van der Waals surface area contributed by atoms with Crippen molar-refractivity contribution in [3.05, 3.63) is 29.3 Å². The van der Waals surface area contributed by atoms with E-state index in [0.717, 1.165) is 24.3 Å². The summed E-state index contributed by atoms with van der Waals surface area (Å²) in [6.07, 6.45) is -10.1. The molecule has 0 saturated carbocycles. The minimum atomic E-state index is -9.26. The Labute approximate surface area is 246 Å². The number of nitrogens with one attached hydrogen (secondary N) is 1. The molecule has 0 aliphatic heterocycles. The fraction of sp³-hybridized carbons (Fsp3) is 0.636. The zero-order valence-corrected chi connectivity index (χ0v) is 22.2. The average Bonchev–Trinajstić information content (AvgIpc) is 2.86. The van der Waals surface area contributed by atoms with Crippen molar-refractivity contribution in [1.29, 1.82) is 0 Å². The van der Waals surface area contributed by atoms with Crippen molar-refractivity contribution in [1.82, 2.24) is 5.32 Å². The van der Waals surface area contributed by atoms with Gasteiger partial charge in [-0.25, -0.2) is 4.79 Å². The Hall–Kier alpha value is -3.40. The largest absolute Gasteiger partial charge is 0.460 e. The molecule has 1 unspecified atom stereocenters. The Bertz CT molecular complexity index is 1380. The molecule has 0 aromatic heterocycles. The van der Waals surface area contributed by atoms with Crippen LogP contribution in [0, 0.1) is 6.92 Å². The van der Waals surface area contributed by atoms with E-state index < -0.39 is 89.1 Å². The number of isocyanates is 1. The molecule has 0 spiro atoms. The molecule has 1 rings (SSSR count). The lowest BCUT2D eigenvalue weighted by molar-refractivity contribution is -0.474. The van der Waals surface area contributed by atoms with Gasteiger partial charge in [0.25, 0.3) is 5.91 Å². The maximum atomic E-state index is 14.3. The molecule has 1 N–H and O–H groups in total. The Kier molecular flexibility index (Phi) is 10.6. The normalized spacial score (nSPS) is 15.6. The van der Waals surface area contributed by atoms with Gasteiger partial charge in [0, 0.05) is 12.5 Å². The van der Waals surface area contributed by atoms with Gasteiger partial charge in [-0.1, -0.05) is 6.07 Å². The first-order chi connectivity index (χ1) is 20.5. The monoisotopic (exact) mass is 736 g/mol. The molecule has 270 valence electrons. The van der Waals surface area contributed by atoms with Crippen LogP contribution < -0.4 is 5.32 Å². The number of alkyl halides is 21. The molecular formula is C22H13F21N2O2. The summed E-state index contributed by atoms with van der Waals surface area (Å²) in [4.78, 5) is 25.8. The zero-order valence-electron chi connectivity index (χ0n) is 22.2. The minimum Gasteiger partial charge on any atom is -0.349 e. The molecule has 25 heteroatoms. The Morgan fingerprint density at radius 2 is 1.02 bits per heavy atom. The van der Waals surface area contributed by atoms with Crippen LogP contribution in [-0.4, -0.2) is 77.5 Å². The van der Waals surface area contributed by atoms with Crippen LogP contribution in [0.3, 0.4) is 0 Å². The molecule has 0 radical (unpaired) electrons. The van der Waals surface area contributed by atoms with Gasteiger partial charge in [0.15, 0.2) is 0 Å². The number of halogens is 21. The van der Waals surface area contributed by atoms with E-state index in [1.807, 2.05) is 0 Å². The van der Waals surface area contributed by atoms with Crippen molar-refractivity contribution in [2.75, 3.05) is 0 Å². The molecule has 0 saturated heterocycles. The zero-order chi connectivity index (χ0) is 37.8. The summed E-state index contributed by atoms with van der Waals surface area (Å²) in [5.74, 6) is -79.6. The fourth-order valence-electron chi connectivity index (χ4n) is 3.43. The Morgan fingerprint density at radius 1 is 0.660 bits per heavy atom. The molecule has 0 aliphatic rings. The second-order valence-corrected chi connectivity index (χ2v) is 9.60. The maximum absolute atomic E-state index is 14.3. The van der Waals surface area contributed by atoms with Crippen LogP contribution >= 0.6 is 0 Å². The van der Waals surface area contributed by atoms with Crippen LogP contribution in [0.15, 0.2) is 23.2 Å². The second-order valence-electron chi connectivity index (χ2n) is 9.60. The molecule has 1 amide bonds. The summed E-state index contributed by atoms with van der Waals surface area (Å²) in [7, 11) is 0. The van der Waals surface area contributed by atoms with Crippen LogP contribution in [0.4, 0.5) is 97.9 Å². The molecule has 0 fully saturated rings. The van der Waals surface area contributed by atoms with Crippen LogP contribution in [0.25, 0.3) is 0 Å². The molecule has 4 nitrogen and oxygen atoms in total. The van der Waals surface area contributed by atoms with E-state index in [1.54, 1.807) is 0 Å². The topological polar surface area (TPSA) is 58.5 Å². The van der Waals surface area contributed by atoms with E-state index in [9.17, 15) is 102 Å². The number of aliphatic imine (C=N–C) groups is 1. The summed E-state index contributed by atoms with van der Waals surface area (Å²) in [5.41, 5.74) is -1.05. The number of aryl methyl sites for hydroxylation is 1. The number of amides is 1. The van der Waals surface area contributed by atoms with E-state index in [1.165, 1.54) is 12.2 Å². The summed E-state index contributed by atoms with van der Waals surface area (Å²) in [5, 5.41) is 1.36. The number of rotatable bonds is 13. The molecule has 1 aromatic carbocycles. The van der Waals surface area contributed by atoms with Crippen molar-refractivity contribution in [2.45, 2.75) is 85.8 Å². The molecule has 47 heavy (non-hydrogen) atoms. The van der Waals surface area contributed by atoms with Gasteiger partial charge < -0.3 is 5.32 Å². The van der Waals surface area contributed by atoms with Gasteiger partial charge >= 0.3 is 59.5 Å². The van der Waals surface area contributed by atoms with Gasteiger partial charge in [-0.05, 0) is 31.5 Å². The molecule has 1 aromatic rings. The summed E-state index contributed by atoms with van der Waals surface area (Å²) < 4.78 is 284.